The number of nitrogens with one attached hydrogen (secondary N) is 1. The van der Waals surface area contributed by atoms with Crippen molar-refractivity contribution in [2.24, 2.45) is 0 Å². The Labute approximate surface area is 108 Å². The lowest BCUT2D eigenvalue weighted by atomic mass is 10.1. The van der Waals surface area contributed by atoms with E-state index >= 15 is 0 Å². The second kappa shape index (κ2) is 4.59. The summed E-state index contributed by atoms with van der Waals surface area (Å²) in [6, 6.07) is 4.85. The van der Waals surface area contributed by atoms with Gasteiger partial charge in [-0.3, -0.25) is 9.36 Å². The van der Waals surface area contributed by atoms with Crippen molar-refractivity contribution in [3.8, 4) is 0 Å². The molecule has 0 fully saturated rings. The van der Waals surface area contributed by atoms with Crippen molar-refractivity contribution < 1.29 is 13.6 Å². The van der Waals surface area contributed by atoms with Gasteiger partial charge in [0.1, 0.15) is 11.6 Å². The largest absolute Gasteiger partial charge is 0.312 e. The lowest BCUT2D eigenvalue weighted by Crippen LogP contribution is -2.26. The zero-order valence-electron chi connectivity index (χ0n) is 10.1. The molecule has 1 aliphatic rings. The number of hydrogen-bond donors (Lipinski definition) is 1. The fraction of sp³-hybridized carbons (Fsp3) is 0.214. The normalized spacial score (nSPS) is 14.2. The molecule has 0 saturated carbocycles. The number of carbonyl (C=O) groups excluding carboxylic acids is 1. The maximum Gasteiger partial charge on any atom is 0.265 e. The number of aromatic nitrogens is 1. The van der Waals surface area contributed by atoms with Crippen LogP contribution in [-0.4, -0.2) is 17.0 Å². The molecule has 1 aromatic carbocycles. The van der Waals surface area contributed by atoms with E-state index in [2.05, 4.69) is 5.32 Å². The molecule has 0 aliphatic carbocycles. The molecular weight excluding hydrogens is 250 g/mol. The first-order valence-corrected chi connectivity index (χ1v) is 6.06. The number of hydrogen-bond acceptors (Lipinski definition) is 2. The molecule has 1 aromatic heterocycles. The average molecular weight is 262 g/mol. The highest BCUT2D eigenvalue weighted by Crippen LogP contribution is 2.18. The van der Waals surface area contributed by atoms with E-state index in [1.165, 1.54) is 10.6 Å². The van der Waals surface area contributed by atoms with Crippen molar-refractivity contribution in [3.05, 3.63) is 58.9 Å². The van der Waals surface area contributed by atoms with Crippen LogP contribution in [0.25, 0.3) is 0 Å². The molecule has 0 bridgehead atoms. The van der Waals surface area contributed by atoms with Gasteiger partial charge in [-0.2, -0.15) is 0 Å². The molecule has 0 spiro atoms. The molecule has 0 radical (unpaired) electrons. The molecule has 2 heterocycles. The molecule has 0 amide bonds. The van der Waals surface area contributed by atoms with E-state index in [9.17, 15) is 13.6 Å². The van der Waals surface area contributed by atoms with Crippen LogP contribution in [0.2, 0.25) is 0 Å². The maximum atomic E-state index is 13.6. The molecule has 3 rings (SSSR count). The van der Waals surface area contributed by atoms with Crippen molar-refractivity contribution in [2.45, 2.75) is 13.0 Å². The summed E-state index contributed by atoms with van der Waals surface area (Å²) in [5.74, 6) is -1.98. The van der Waals surface area contributed by atoms with Crippen LogP contribution in [0.1, 0.15) is 21.6 Å². The average Bonchev–Trinajstić information content (AvgIpc) is 2.82. The summed E-state index contributed by atoms with van der Waals surface area (Å²) >= 11 is 0. The van der Waals surface area contributed by atoms with E-state index in [4.69, 9.17) is 0 Å². The molecule has 5 heteroatoms. The van der Waals surface area contributed by atoms with Crippen molar-refractivity contribution in [3.63, 3.8) is 0 Å². The number of fused-ring (bicyclic) bond motifs is 1. The number of halogens is 2. The smallest absolute Gasteiger partial charge is 0.265 e. The predicted molar refractivity (Wildman–Crippen MR) is 65.9 cm³/mol. The molecule has 2 aromatic rings. The van der Waals surface area contributed by atoms with E-state index in [0.29, 0.717) is 6.54 Å². The molecule has 0 saturated heterocycles. The third kappa shape index (κ3) is 2.06. The molecule has 98 valence electrons. The van der Waals surface area contributed by atoms with Crippen LogP contribution in [0, 0.1) is 11.6 Å². The summed E-state index contributed by atoms with van der Waals surface area (Å²) in [4.78, 5) is 12.3. The fourth-order valence-corrected chi connectivity index (χ4v) is 2.36. The van der Waals surface area contributed by atoms with Gasteiger partial charge in [-0.1, -0.05) is 0 Å². The van der Waals surface area contributed by atoms with Gasteiger partial charge in [0, 0.05) is 37.5 Å². The van der Waals surface area contributed by atoms with E-state index in [1.807, 2.05) is 6.07 Å². The summed E-state index contributed by atoms with van der Waals surface area (Å²) in [5, 5.41) is 3.20. The number of nitrogens with zero attached hydrogens (tertiary/aromatic N) is 1. The third-order valence-electron chi connectivity index (χ3n) is 3.32. The van der Waals surface area contributed by atoms with Crippen LogP contribution in [0.3, 0.4) is 0 Å². The monoisotopic (exact) mass is 262 g/mol. The highest BCUT2D eigenvalue weighted by atomic mass is 19.1. The minimum atomic E-state index is -0.832. The Balaban J connectivity index is 2.02. The second-order valence-corrected chi connectivity index (χ2v) is 4.51. The van der Waals surface area contributed by atoms with Crippen LogP contribution in [0.5, 0.6) is 0 Å². The van der Waals surface area contributed by atoms with E-state index < -0.39 is 17.5 Å². The Bertz CT molecular complexity index is 649. The molecule has 3 nitrogen and oxygen atoms in total. The molecule has 1 N–H and O–H groups in total. The number of benzene rings is 1. The van der Waals surface area contributed by atoms with E-state index in [0.717, 1.165) is 36.4 Å². The van der Waals surface area contributed by atoms with Crippen LogP contribution < -0.4 is 5.32 Å². The summed E-state index contributed by atoms with van der Waals surface area (Å²) in [6.45, 7) is 1.50. The zero-order chi connectivity index (χ0) is 13.4. The highest BCUT2D eigenvalue weighted by molar-refractivity contribution is 5.96. The zero-order valence-corrected chi connectivity index (χ0v) is 10.1. The van der Waals surface area contributed by atoms with Crippen LogP contribution in [-0.2, 0) is 13.0 Å². The highest BCUT2D eigenvalue weighted by Gasteiger charge is 2.20. The fourth-order valence-electron chi connectivity index (χ4n) is 2.36. The predicted octanol–water partition coefficient (Wildman–Crippen LogP) is 2.10. The standard InChI is InChI=1S/C14H12F2N2O/c15-10-1-2-11(12(16)7-10)14(19)18-6-4-9-8-17-5-3-13(9)18/h1-2,4,6-7,17H,3,5,8H2. The van der Waals surface area contributed by atoms with Crippen molar-refractivity contribution in [2.75, 3.05) is 6.54 Å². The molecule has 19 heavy (non-hydrogen) atoms. The first-order valence-electron chi connectivity index (χ1n) is 6.06. The first-order chi connectivity index (χ1) is 9.16. The maximum absolute atomic E-state index is 13.6. The number of carbonyl (C=O) groups is 1. The van der Waals surface area contributed by atoms with Gasteiger partial charge in [0.25, 0.3) is 5.91 Å². The Morgan fingerprint density at radius 1 is 1.26 bits per heavy atom. The van der Waals surface area contributed by atoms with Gasteiger partial charge in [-0.15, -0.1) is 0 Å². The van der Waals surface area contributed by atoms with Gasteiger partial charge in [0.2, 0.25) is 0 Å². The lowest BCUT2D eigenvalue weighted by Gasteiger charge is -2.16. The molecule has 0 atom stereocenters. The van der Waals surface area contributed by atoms with Gasteiger partial charge in [0.05, 0.1) is 5.56 Å². The Hall–Kier alpha value is -2.01. The lowest BCUT2D eigenvalue weighted by molar-refractivity contribution is 0.0952. The Morgan fingerprint density at radius 3 is 2.89 bits per heavy atom. The number of rotatable bonds is 1. The summed E-state index contributed by atoms with van der Waals surface area (Å²) in [7, 11) is 0. The van der Waals surface area contributed by atoms with Crippen molar-refractivity contribution >= 4 is 5.91 Å². The molecule has 1 aliphatic heterocycles. The Kier molecular flexibility index (Phi) is 2.91. The minimum Gasteiger partial charge on any atom is -0.312 e. The van der Waals surface area contributed by atoms with Gasteiger partial charge in [0.15, 0.2) is 0 Å². The minimum absolute atomic E-state index is 0.113. The quantitative estimate of drug-likeness (QED) is 0.854. The van der Waals surface area contributed by atoms with Crippen LogP contribution in [0.15, 0.2) is 30.5 Å². The van der Waals surface area contributed by atoms with Crippen molar-refractivity contribution in [1.82, 2.24) is 9.88 Å². The summed E-state index contributed by atoms with van der Waals surface area (Å²) in [5.41, 5.74) is 1.83. The summed E-state index contributed by atoms with van der Waals surface area (Å²) < 4.78 is 27.9. The van der Waals surface area contributed by atoms with E-state index in [1.54, 1.807) is 6.20 Å². The topological polar surface area (TPSA) is 34.0 Å². The van der Waals surface area contributed by atoms with Crippen molar-refractivity contribution in [1.29, 1.82) is 0 Å². The summed E-state index contributed by atoms with van der Waals surface area (Å²) in [6.07, 6.45) is 2.36. The Morgan fingerprint density at radius 2 is 2.11 bits per heavy atom. The van der Waals surface area contributed by atoms with Crippen LogP contribution >= 0.6 is 0 Å². The molecule has 0 unspecified atom stereocenters. The van der Waals surface area contributed by atoms with Gasteiger partial charge in [-0.05, 0) is 23.8 Å². The van der Waals surface area contributed by atoms with E-state index in [-0.39, 0.29) is 5.56 Å². The van der Waals surface area contributed by atoms with Gasteiger partial charge in [-0.25, -0.2) is 8.78 Å². The SMILES string of the molecule is O=C(c1ccc(F)cc1F)n1ccc2c1CCNC2. The van der Waals surface area contributed by atoms with Gasteiger partial charge < -0.3 is 5.32 Å². The van der Waals surface area contributed by atoms with Gasteiger partial charge >= 0.3 is 0 Å². The first kappa shape index (κ1) is 12.0. The second-order valence-electron chi connectivity index (χ2n) is 4.51. The third-order valence-corrected chi connectivity index (χ3v) is 3.32. The molecular formula is C14H12F2N2O. The van der Waals surface area contributed by atoms with Crippen LogP contribution in [0.4, 0.5) is 8.78 Å².